The van der Waals surface area contributed by atoms with E-state index in [1.807, 2.05) is 0 Å². The second-order valence-electron chi connectivity index (χ2n) is 4.28. The molecule has 0 spiro atoms. The lowest BCUT2D eigenvalue weighted by Gasteiger charge is -2.15. The highest BCUT2D eigenvalue weighted by atomic mass is 16.5. The molecule has 0 aliphatic carbocycles. The van der Waals surface area contributed by atoms with Crippen molar-refractivity contribution in [2.75, 3.05) is 26.4 Å². The van der Waals surface area contributed by atoms with Crippen LogP contribution in [-0.4, -0.2) is 32.6 Å². The molecule has 16 heavy (non-hydrogen) atoms. The van der Waals surface area contributed by atoms with Crippen molar-refractivity contribution in [1.29, 1.82) is 0 Å². The van der Waals surface area contributed by atoms with Crippen LogP contribution < -0.4 is 11.5 Å². The topological polar surface area (TPSA) is 70.5 Å². The lowest BCUT2D eigenvalue weighted by Crippen LogP contribution is -2.27. The van der Waals surface area contributed by atoms with Crippen LogP contribution >= 0.6 is 0 Å². The largest absolute Gasteiger partial charge is 0.381 e. The zero-order valence-electron chi connectivity index (χ0n) is 10.8. The Morgan fingerprint density at radius 1 is 1.06 bits per heavy atom. The van der Waals surface area contributed by atoms with E-state index >= 15 is 0 Å². The summed E-state index contributed by atoms with van der Waals surface area (Å²) in [6.07, 6.45) is 3.75. The van der Waals surface area contributed by atoms with E-state index in [4.69, 9.17) is 20.9 Å². The monoisotopic (exact) mass is 232 g/mol. The van der Waals surface area contributed by atoms with E-state index in [1.165, 1.54) is 0 Å². The molecule has 0 rings (SSSR count). The van der Waals surface area contributed by atoms with E-state index in [1.54, 1.807) is 0 Å². The van der Waals surface area contributed by atoms with Crippen LogP contribution in [0.4, 0.5) is 0 Å². The first-order valence-corrected chi connectivity index (χ1v) is 6.35. The standard InChI is InChI=1S/C12H28N2O2/c1-3-8-15-9-5-11(2)6-10-16-12(14)4-7-13/h11-12H,3-10,13-14H2,1-2H3. The van der Waals surface area contributed by atoms with Gasteiger partial charge in [-0.3, -0.25) is 0 Å². The Labute approximate surface area is 99.7 Å². The lowest BCUT2D eigenvalue weighted by atomic mass is 10.1. The van der Waals surface area contributed by atoms with Crippen LogP contribution in [0.2, 0.25) is 0 Å². The molecule has 0 aliphatic rings. The van der Waals surface area contributed by atoms with Crippen molar-refractivity contribution >= 4 is 0 Å². The van der Waals surface area contributed by atoms with Gasteiger partial charge in [0, 0.05) is 19.8 Å². The third kappa shape index (κ3) is 10.4. The van der Waals surface area contributed by atoms with Crippen molar-refractivity contribution < 1.29 is 9.47 Å². The Bertz CT molecular complexity index is 145. The van der Waals surface area contributed by atoms with Crippen LogP contribution in [0.15, 0.2) is 0 Å². The molecule has 0 aromatic heterocycles. The minimum atomic E-state index is -0.200. The molecular weight excluding hydrogens is 204 g/mol. The fourth-order valence-electron chi connectivity index (χ4n) is 1.34. The van der Waals surface area contributed by atoms with Crippen LogP contribution in [0.5, 0.6) is 0 Å². The molecule has 2 atom stereocenters. The van der Waals surface area contributed by atoms with Gasteiger partial charge in [0.15, 0.2) is 0 Å². The van der Waals surface area contributed by atoms with Gasteiger partial charge in [-0.15, -0.1) is 0 Å². The fraction of sp³-hybridized carbons (Fsp3) is 1.00. The molecule has 0 bridgehead atoms. The predicted molar refractivity (Wildman–Crippen MR) is 67.1 cm³/mol. The van der Waals surface area contributed by atoms with Gasteiger partial charge in [-0.05, 0) is 38.1 Å². The average Bonchev–Trinajstić information content (AvgIpc) is 2.25. The Balaban J connectivity index is 3.26. The van der Waals surface area contributed by atoms with E-state index in [9.17, 15) is 0 Å². The number of ether oxygens (including phenoxy) is 2. The van der Waals surface area contributed by atoms with Gasteiger partial charge in [-0.1, -0.05) is 13.8 Å². The molecule has 0 aromatic carbocycles. The van der Waals surface area contributed by atoms with Crippen molar-refractivity contribution in [2.45, 2.75) is 45.8 Å². The van der Waals surface area contributed by atoms with Gasteiger partial charge in [0.05, 0.1) is 0 Å². The summed E-state index contributed by atoms with van der Waals surface area (Å²) in [4.78, 5) is 0. The van der Waals surface area contributed by atoms with Crippen LogP contribution in [0.1, 0.15) is 39.5 Å². The quantitative estimate of drug-likeness (QED) is 0.418. The molecule has 0 aliphatic heterocycles. The van der Waals surface area contributed by atoms with Gasteiger partial charge in [0.25, 0.3) is 0 Å². The first-order chi connectivity index (χ1) is 7.70. The van der Waals surface area contributed by atoms with Gasteiger partial charge in [-0.2, -0.15) is 0 Å². The Morgan fingerprint density at radius 3 is 2.38 bits per heavy atom. The minimum Gasteiger partial charge on any atom is -0.381 e. The van der Waals surface area contributed by atoms with E-state index < -0.39 is 0 Å². The number of rotatable bonds is 11. The van der Waals surface area contributed by atoms with Crippen molar-refractivity contribution in [2.24, 2.45) is 17.4 Å². The van der Waals surface area contributed by atoms with Gasteiger partial charge in [0.2, 0.25) is 0 Å². The van der Waals surface area contributed by atoms with E-state index in [-0.39, 0.29) is 6.23 Å². The number of nitrogens with two attached hydrogens (primary N) is 2. The molecule has 0 amide bonds. The summed E-state index contributed by atoms with van der Waals surface area (Å²) in [5.74, 6) is 0.627. The first kappa shape index (κ1) is 15.8. The van der Waals surface area contributed by atoms with Crippen molar-refractivity contribution in [3.05, 3.63) is 0 Å². The summed E-state index contributed by atoms with van der Waals surface area (Å²) in [6, 6.07) is 0. The molecule has 0 fully saturated rings. The molecular formula is C12H28N2O2. The molecule has 4 nitrogen and oxygen atoms in total. The summed E-state index contributed by atoms with van der Waals surface area (Å²) in [7, 11) is 0. The van der Waals surface area contributed by atoms with Crippen LogP contribution in [0.3, 0.4) is 0 Å². The second-order valence-corrected chi connectivity index (χ2v) is 4.28. The maximum absolute atomic E-state index is 5.68. The SMILES string of the molecule is CCCOCCC(C)CCOC(N)CCN. The molecule has 0 radical (unpaired) electrons. The maximum Gasteiger partial charge on any atom is 0.106 e. The van der Waals surface area contributed by atoms with Gasteiger partial charge in [-0.25, -0.2) is 0 Å². The summed E-state index contributed by atoms with van der Waals surface area (Å²) >= 11 is 0. The van der Waals surface area contributed by atoms with Crippen molar-refractivity contribution in [1.82, 2.24) is 0 Å². The highest BCUT2D eigenvalue weighted by Gasteiger charge is 2.05. The van der Waals surface area contributed by atoms with Gasteiger partial charge >= 0.3 is 0 Å². The average molecular weight is 232 g/mol. The predicted octanol–water partition coefficient (Wildman–Crippen LogP) is 1.48. The van der Waals surface area contributed by atoms with E-state index in [2.05, 4.69) is 13.8 Å². The maximum atomic E-state index is 5.68. The second kappa shape index (κ2) is 11.3. The number of hydrogen-bond acceptors (Lipinski definition) is 4. The smallest absolute Gasteiger partial charge is 0.106 e. The molecule has 0 saturated carbocycles. The molecule has 4 heteroatoms. The minimum absolute atomic E-state index is 0.200. The van der Waals surface area contributed by atoms with Crippen molar-refractivity contribution in [3.63, 3.8) is 0 Å². The molecule has 2 unspecified atom stereocenters. The molecule has 0 saturated heterocycles. The highest BCUT2D eigenvalue weighted by molar-refractivity contribution is 4.54. The van der Waals surface area contributed by atoms with Crippen LogP contribution in [0.25, 0.3) is 0 Å². The Morgan fingerprint density at radius 2 is 1.75 bits per heavy atom. The summed E-state index contributed by atoms with van der Waals surface area (Å²) in [5, 5.41) is 0. The van der Waals surface area contributed by atoms with E-state index in [0.29, 0.717) is 12.5 Å². The first-order valence-electron chi connectivity index (χ1n) is 6.35. The number of hydrogen-bond donors (Lipinski definition) is 2. The Hall–Kier alpha value is -0.160. The van der Waals surface area contributed by atoms with Gasteiger partial charge < -0.3 is 20.9 Å². The Kier molecular flexibility index (Phi) is 11.2. The zero-order chi connectivity index (χ0) is 12.2. The van der Waals surface area contributed by atoms with Gasteiger partial charge in [0.1, 0.15) is 6.23 Å². The fourth-order valence-corrected chi connectivity index (χ4v) is 1.34. The van der Waals surface area contributed by atoms with Crippen molar-refractivity contribution in [3.8, 4) is 0 Å². The molecule has 98 valence electrons. The summed E-state index contributed by atoms with van der Waals surface area (Å²) in [6.45, 7) is 7.36. The summed E-state index contributed by atoms with van der Waals surface area (Å²) in [5.41, 5.74) is 11.1. The normalized spacial score (nSPS) is 15.0. The zero-order valence-corrected chi connectivity index (χ0v) is 10.8. The van der Waals surface area contributed by atoms with Crippen LogP contribution in [-0.2, 0) is 9.47 Å². The summed E-state index contributed by atoms with van der Waals surface area (Å²) < 4.78 is 10.9. The third-order valence-corrected chi connectivity index (χ3v) is 2.50. The molecule has 0 heterocycles. The lowest BCUT2D eigenvalue weighted by molar-refractivity contribution is 0.0421. The highest BCUT2D eigenvalue weighted by Crippen LogP contribution is 2.08. The third-order valence-electron chi connectivity index (χ3n) is 2.50. The molecule has 0 aromatic rings. The van der Waals surface area contributed by atoms with Crippen LogP contribution in [0, 0.1) is 5.92 Å². The van der Waals surface area contributed by atoms with E-state index in [0.717, 1.165) is 45.5 Å². The molecule has 4 N–H and O–H groups in total.